The molecule has 2 rings (SSSR count). The van der Waals surface area contributed by atoms with Crippen LogP contribution in [0, 0.1) is 0 Å². The highest BCUT2D eigenvalue weighted by atomic mass is 79.9. The van der Waals surface area contributed by atoms with Crippen molar-refractivity contribution in [2.24, 2.45) is 0 Å². The number of anilines is 1. The largest absolute Gasteiger partial charge is 0.280 e. The van der Waals surface area contributed by atoms with Crippen LogP contribution in [0.4, 0.5) is 5.69 Å². The highest BCUT2D eigenvalue weighted by Crippen LogP contribution is 2.17. The van der Waals surface area contributed by atoms with Crippen molar-refractivity contribution in [3.8, 4) is 0 Å². The van der Waals surface area contributed by atoms with Crippen LogP contribution in [0.5, 0.6) is 0 Å². The Morgan fingerprint density at radius 3 is 2.55 bits per heavy atom. The van der Waals surface area contributed by atoms with Crippen molar-refractivity contribution in [1.29, 1.82) is 0 Å². The molecule has 2 aromatic rings. The van der Waals surface area contributed by atoms with Gasteiger partial charge in [-0.05, 0) is 42.0 Å². The Bertz CT molecular complexity index is 744. The first-order valence-electron chi connectivity index (χ1n) is 5.67. The van der Waals surface area contributed by atoms with E-state index in [1.807, 2.05) is 24.3 Å². The van der Waals surface area contributed by atoms with E-state index < -0.39 is 10.0 Å². The van der Waals surface area contributed by atoms with Crippen molar-refractivity contribution in [3.05, 3.63) is 69.0 Å². The van der Waals surface area contributed by atoms with Gasteiger partial charge in [-0.2, -0.15) is 0 Å². The Morgan fingerprint density at radius 2 is 1.85 bits per heavy atom. The van der Waals surface area contributed by atoms with Gasteiger partial charge < -0.3 is 0 Å². The van der Waals surface area contributed by atoms with Crippen LogP contribution in [0.3, 0.4) is 0 Å². The van der Waals surface area contributed by atoms with E-state index in [-0.39, 0.29) is 0 Å². The number of nitrogens with one attached hydrogen (secondary N) is 1. The SMILES string of the molecule is O=S(=O)(/C=C/c1cccc(Br)c1)Nc1cccc(Cl)c1. The van der Waals surface area contributed by atoms with E-state index in [0.717, 1.165) is 15.4 Å². The third kappa shape index (κ3) is 4.67. The van der Waals surface area contributed by atoms with Crippen molar-refractivity contribution < 1.29 is 8.42 Å². The average molecular weight is 373 g/mol. The normalized spacial score (nSPS) is 11.7. The molecule has 104 valence electrons. The quantitative estimate of drug-likeness (QED) is 0.858. The fourth-order valence-electron chi connectivity index (χ4n) is 1.53. The highest BCUT2D eigenvalue weighted by Gasteiger charge is 2.05. The third-order valence-corrected chi connectivity index (χ3v) is 4.12. The molecule has 6 heteroatoms. The molecule has 0 aromatic heterocycles. The van der Waals surface area contributed by atoms with Gasteiger partial charge in [0.25, 0.3) is 10.0 Å². The number of benzene rings is 2. The van der Waals surface area contributed by atoms with Gasteiger partial charge in [-0.25, -0.2) is 8.42 Å². The van der Waals surface area contributed by atoms with Gasteiger partial charge >= 0.3 is 0 Å². The van der Waals surface area contributed by atoms with Crippen LogP contribution in [0.2, 0.25) is 5.02 Å². The van der Waals surface area contributed by atoms with Gasteiger partial charge in [-0.1, -0.05) is 45.7 Å². The molecule has 0 amide bonds. The van der Waals surface area contributed by atoms with Gasteiger partial charge in [0.15, 0.2) is 0 Å². The summed E-state index contributed by atoms with van der Waals surface area (Å²) in [6, 6.07) is 13.9. The van der Waals surface area contributed by atoms with E-state index in [9.17, 15) is 8.42 Å². The zero-order valence-electron chi connectivity index (χ0n) is 10.3. The second-order valence-corrected chi connectivity index (χ2v) is 6.93. The first kappa shape index (κ1) is 15.1. The van der Waals surface area contributed by atoms with E-state index >= 15 is 0 Å². The summed E-state index contributed by atoms with van der Waals surface area (Å²) in [4.78, 5) is 0. The Labute approximate surface area is 131 Å². The van der Waals surface area contributed by atoms with Crippen LogP contribution >= 0.6 is 27.5 Å². The van der Waals surface area contributed by atoms with Crippen LogP contribution in [0.1, 0.15) is 5.56 Å². The average Bonchev–Trinajstić information content (AvgIpc) is 2.36. The Morgan fingerprint density at radius 1 is 1.10 bits per heavy atom. The minimum atomic E-state index is -3.57. The molecule has 20 heavy (non-hydrogen) atoms. The monoisotopic (exact) mass is 371 g/mol. The molecule has 3 nitrogen and oxygen atoms in total. The summed E-state index contributed by atoms with van der Waals surface area (Å²) in [6.07, 6.45) is 1.53. The lowest BCUT2D eigenvalue weighted by molar-refractivity contribution is 0.609. The van der Waals surface area contributed by atoms with Crippen LogP contribution in [-0.4, -0.2) is 8.42 Å². The minimum absolute atomic E-state index is 0.427. The molecule has 0 bridgehead atoms. The molecule has 0 fully saturated rings. The molecule has 0 aliphatic rings. The summed E-state index contributed by atoms with van der Waals surface area (Å²) >= 11 is 9.14. The fraction of sp³-hybridized carbons (Fsp3) is 0. The molecule has 2 aromatic carbocycles. The molecule has 0 aliphatic carbocycles. The van der Waals surface area contributed by atoms with E-state index in [1.165, 1.54) is 6.08 Å². The van der Waals surface area contributed by atoms with Crippen LogP contribution in [0.25, 0.3) is 6.08 Å². The number of halogens is 2. The van der Waals surface area contributed by atoms with Crippen molar-refractivity contribution in [2.75, 3.05) is 4.72 Å². The lowest BCUT2D eigenvalue weighted by Gasteiger charge is -2.04. The fourth-order valence-corrected chi connectivity index (χ4v) is 3.00. The summed E-state index contributed by atoms with van der Waals surface area (Å²) in [6.45, 7) is 0. The molecule has 0 unspecified atom stereocenters. The van der Waals surface area contributed by atoms with Crippen LogP contribution in [0.15, 0.2) is 58.4 Å². The summed E-state index contributed by atoms with van der Waals surface area (Å²) in [5.74, 6) is 0. The van der Waals surface area contributed by atoms with Gasteiger partial charge in [-0.3, -0.25) is 4.72 Å². The molecule has 0 saturated carbocycles. The van der Waals surface area contributed by atoms with Gasteiger partial charge in [0.1, 0.15) is 0 Å². The Hall–Kier alpha value is -1.30. The van der Waals surface area contributed by atoms with Crippen molar-refractivity contribution in [1.82, 2.24) is 0 Å². The summed E-state index contributed by atoms with van der Waals surface area (Å²) in [5.41, 5.74) is 1.22. The van der Waals surface area contributed by atoms with Gasteiger partial charge in [0.05, 0.1) is 11.1 Å². The van der Waals surface area contributed by atoms with E-state index in [0.29, 0.717) is 10.7 Å². The van der Waals surface area contributed by atoms with Gasteiger partial charge in [0, 0.05) is 9.50 Å². The molecular weight excluding hydrogens is 362 g/mol. The van der Waals surface area contributed by atoms with E-state index in [4.69, 9.17) is 11.6 Å². The van der Waals surface area contributed by atoms with Gasteiger partial charge in [-0.15, -0.1) is 0 Å². The van der Waals surface area contributed by atoms with Crippen LogP contribution in [-0.2, 0) is 10.0 Å². The predicted molar refractivity (Wildman–Crippen MR) is 87.2 cm³/mol. The summed E-state index contributed by atoms with van der Waals surface area (Å²) in [5, 5.41) is 1.59. The first-order valence-corrected chi connectivity index (χ1v) is 8.38. The highest BCUT2D eigenvalue weighted by molar-refractivity contribution is 9.10. The van der Waals surface area contributed by atoms with Crippen molar-refractivity contribution in [3.63, 3.8) is 0 Å². The second kappa shape index (κ2) is 6.43. The maximum Gasteiger partial charge on any atom is 0.255 e. The van der Waals surface area contributed by atoms with Crippen molar-refractivity contribution >= 4 is 49.3 Å². The zero-order chi connectivity index (χ0) is 14.6. The molecule has 0 saturated heterocycles. The molecule has 0 heterocycles. The lowest BCUT2D eigenvalue weighted by atomic mass is 10.2. The molecular formula is C14H11BrClNO2S. The molecule has 0 atom stereocenters. The van der Waals surface area contributed by atoms with E-state index in [1.54, 1.807) is 24.3 Å². The lowest BCUT2D eigenvalue weighted by Crippen LogP contribution is -2.08. The maximum atomic E-state index is 11.9. The topological polar surface area (TPSA) is 46.2 Å². The zero-order valence-corrected chi connectivity index (χ0v) is 13.4. The Balaban J connectivity index is 2.15. The predicted octanol–water partition coefficient (Wildman–Crippen LogP) is 4.52. The molecule has 0 radical (unpaired) electrons. The summed E-state index contributed by atoms with van der Waals surface area (Å²) in [7, 11) is -3.57. The minimum Gasteiger partial charge on any atom is -0.280 e. The number of hydrogen-bond donors (Lipinski definition) is 1. The number of hydrogen-bond acceptors (Lipinski definition) is 2. The molecule has 0 aliphatic heterocycles. The smallest absolute Gasteiger partial charge is 0.255 e. The Kier molecular flexibility index (Phi) is 4.86. The number of sulfonamides is 1. The third-order valence-electron chi connectivity index (χ3n) is 2.37. The van der Waals surface area contributed by atoms with Crippen molar-refractivity contribution in [2.45, 2.75) is 0 Å². The van der Waals surface area contributed by atoms with Gasteiger partial charge in [0.2, 0.25) is 0 Å². The molecule has 0 spiro atoms. The second-order valence-electron chi connectivity index (χ2n) is 4.02. The summed E-state index contributed by atoms with van der Waals surface area (Å²) < 4.78 is 27.2. The van der Waals surface area contributed by atoms with Crippen LogP contribution < -0.4 is 4.72 Å². The standard InChI is InChI=1S/C14H11BrClNO2S/c15-12-4-1-3-11(9-12)7-8-20(18,19)17-14-6-2-5-13(16)10-14/h1-10,17H/b8-7+. The molecule has 1 N–H and O–H groups in total. The number of rotatable bonds is 4. The first-order chi connectivity index (χ1) is 9.44. The maximum absolute atomic E-state index is 11.9. The van der Waals surface area contributed by atoms with E-state index in [2.05, 4.69) is 20.7 Å².